The van der Waals surface area contributed by atoms with Gasteiger partial charge in [0, 0.05) is 52.4 Å². The third-order valence-corrected chi connectivity index (χ3v) is 4.48. The molecule has 0 spiro atoms. The summed E-state index contributed by atoms with van der Waals surface area (Å²) in [4.78, 5) is 17.7. The fraction of sp³-hybridized carbons (Fsp3) is 0.167. The maximum Gasteiger partial charge on any atom is 0.322 e. The number of anilines is 1. The molecule has 1 aliphatic heterocycles. The van der Waals surface area contributed by atoms with Gasteiger partial charge in [0.2, 0.25) is 0 Å². The van der Waals surface area contributed by atoms with Crippen LogP contribution in [0.2, 0.25) is 5.02 Å². The van der Waals surface area contributed by atoms with E-state index >= 15 is 0 Å². The van der Waals surface area contributed by atoms with E-state index in [0.29, 0.717) is 13.1 Å². The lowest BCUT2D eigenvalue weighted by Gasteiger charge is -2.27. The Hall–Kier alpha value is -2.46. The van der Waals surface area contributed by atoms with E-state index in [-0.39, 0.29) is 6.03 Å². The number of hydrogen-bond acceptors (Lipinski definition) is 1. The van der Waals surface area contributed by atoms with E-state index in [1.807, 2.05) is 53.4 Å². The summed E-state index contributed by atoms with van der Waals surface area (Å²) in [6.45, 7) is 1.31. The molecule has 0 fully saturated rings. The molecule has 1 aliphatic rings. The summed E-state index contributed by atoms with van der Waals surface area (Å²) in [6.07, 6.45) is 0.823. The monoisotopic (exact) mass is 325 g/mol. The molecule has 2 N–H and O–H groups in total. The van der Waals surface area contributed by atoms with Crippen molar-refractivity contribution in [3.8, 4) is 0 Å². The van der Waals surface area contributed by atoms with E-state index in [2.05, 4.69) is 10.3 Å². The lowest BCUT2D eigenvalue weighted by Crippen LogP contribution is -2.38. The maximum atomic E-state index is 12.5. The lowest BCUT2D eigenvalue weighted by molar-refractivity contribution is 0.206. The molecule has 3 aromatic rings. The fourth-order valence-corrected chi connectivity index (χ4v) is 3.26. The maximum absolute atomic E-state index is 12.5. The summed E-state index contributed by atoms with van der Waals surface area (Å²) < 4.78 is 0. The van der Waals surface area contributed by atoms with E-state index in [0.717, 1.165) is 28.0 Å². The smallest absolute Gasteiger partial charge is 0.322 e. The summed E-state index contributed by atoms with van der Waals surface area (Å²) >= 11 is 6.06. The van der Waals surface area contributed by atoms with E-state index < -0.39 is 0 Å². The highest BCUT2D eigenvalue weighted by molar-refractivity contribution is 6.31. The van der Waals surface area contributed by atoms with Crippen LogP contribution in [0.4, 0.5) is 10.5 Å². The van der Waals surface area contributed by atoms with Crippen LogP contribution in [0.1, 0.15) is 11.3 Å². The third-order valence-electron chi connectivity index (χ3n) is 4.25. The summed E-state index contributed by atoms with van der Waals surface area (Å²) in [7, 11) is 0. The number of hydrogen-bond donors (Lipinski definition) is 2. The first-order valence-corrected chi connectivity index (χ1v) is 7.98. The molecule has 5 heteroatoms. The Morgan fingerprint density at radius 1 is 1.17 bits per heavy atom. The summed E-state index contributed by atoms with van der Waals surface area (Å²) in [5.74, 6) is 0. The molecule has 2 aromatic carbocycles. The molecule has 23 heavy (non-hydrogen) atoms. The quantitative estimate of drug-likeness (QED) is 0.684. The summed E-state index contributed by atoms with van der Waals surface area (Å²) in [5.41, 5.74) is 4.24. The van der Waals surface area contributed by atoms with Gasteiger partial charge in [-0.1, -0.05) is 35.9 Å². The average molecular weight is 326 g/mol. The molecule has 2 amide bonds. The number of carbonyl (C=O) groups excluding carboxylic acids is 1. The second kappa shape index (κ2) is 5.63. The molecule has 0 saturated carbocycles. The highest BCUT2D eigenvalue weighted by Crippen LogP contribution is 2.29. The van der Waals surface area contributed by atoms with Crippen LogP contribution in [0.25, 0.3) is 10.9 Å². The number of aromatic amines is 1. The number of urea groups is 1. The van der Waals surface area contributed by atoms with E-state index in [4.69, 9.17) is 11.6 Å². The van der Waals surface area contributed by atoms with Crippen molar-refractivity contribution >= 4 is 34.2 Å². The molecule has 0 bridgehead atoms. The Balaban J connectivity index is 1.58. The number of benzene rings is 2. The third kappa shape index (κ3) is 2.66. The first-order valence-electron chi connectivity index (χ1n) is 7.60. The van der Waals surface area contributed by atoms with Gasteiger partial charge in [0.25, 0.3) is 0 Å². The number of nitrogens with one attached hydrogen (secondary N) is 2. The molecular weight excluding hydrogens is 310 g/mol. The molecule has 4 rings (SSSR count). The van der Waals surface area contributed by atoms with Crippen LogP contribution in [-0.2, 0) is 13.0 Å². The van der Waals surface area contributed by atoms with Crippen LogP contribution in [0.3, 0.4) is 0 Å². The Kier molecular flexibility index (Phi) is 3.46. The number of H-pyrrole nitrogens is 1. The molecule has 0 saturated heterocycles. The van der Waals surface area contributed by atoms with E-state index in [1.165, 1.54) is 11.3 Å². The van der Waals surface area contributed by atoms with Gasteiger partial charge >= 0.3 is 6.03 Å². The number of rotatable bonds is 1. The number of carbonyl (C=O) groups is 1. The SMILES string of the molecule is O=C(Nc1ccccc1)N1CCc2[nH]c3cc(Cl)ccc3c2C1. The number of nitrogens with zero attached hydrogens (tertiary/aromatic N) is 1. The van der Waals surface area contributed by atoms with Crippen molar-refractivity contribution in [2.75, 3.05) is 11.9 Å². The molecule has 2 heterocycles. The highest BCUT2D eigenvalue weighted by atomic mass is 35.5. The first kappa shape index (κ1) is 14.2. The minimum Gasteiger partial charge on any atom is -0.358 e. The predicted molar refractivity (Wildman–Crippen MR) is 92.9 cm³/mol. The molecular formula is C18H16ClN3O. The molecule has 0 radical (unpaired) electrons. The van der Waals surface area contributed by atoms with Crippen LogP contribution in [0.15, 0.2) is 48.5 Å². The van der Waals surface area contributed by atoms with Crippen molar-refractivity contribution in [1.82, 2.24) is 9.88 Å². The van der Waals surface area contributed by atoms with Crippen molar-refractivity contribution in [2.24, 2.45) is 0 Å². The second-order valence-electron chi connectivity index (χ2n) is 5.74. The van der Waals surface area contributed by atoms with Gasteiger partial charge in [-0.3, -0.25) is 0 Å². The number of halogens is 1. The first-order chi connectivity index (χ1) is 11.2. The van der Waals surface area contributed by atoms with Gasteiger partial charge < -0.3 is 15.2 Å². The standard InChI is InChI=1S/C18H16ClN3O/c19-12-6-7-14-15-11-22(9-8-16(15)21-17(14)10-12)18(23)20-13-4-2-1-3-5-13/h1-7,10,21H,8-9,11H2,(H,20,23). The Bertz CT molecular complexity index is 873. The van der Waals surface area contributed by atoms with Gasteiger partial charge in [0.1, 0.15) is 0 Å². The lowest BCUT2D eigenvalue weighted by atomic mass is 10.0. The zero-order chi connectivity index (χ0) is 15.8. The topological polar surface area (TPSA) is 48.1 Å². The summed E-state index contributed by atoms with van der Waals surface area (Å²) in [5, 5.41) is 4.81. The molecule has 0 atom stereocenters. The second-order valence-corrected chi connectivity index (χ2v) is 6.18. The normalized spacial score (nSPS) is 13.9. The van der Waals surface area contributed by atoms with Crippen molar-refractivity contribution in [3.63, 3.8) is 0 Å². The number of para-hydroxylation sites is 1. The number of fused-ring (bicyclic) bond motifs is 3. The predicted octanol–water partition coefficient (Wildman–Crippen LogP) is 4.41. The zero-order valence-corrected chi connectivity index (χ0v) is 13.2. The van der Waals surface area contributed by atoms with E-state index in [1.54, 1.807) is 0 Å². The molecule has 4 nitrogen and oxygen atoms in total. The Labute approximate surface area is 139 Å². The van der Waals surface area contributed by atoms with Crippen LogP contribution in [0, 0.1) is 0 Å². The number of aromatic nitrogens is 1. The highest BCUT2D eigenvalue weighted by Gasteiger charge is 2.24. The minimum atomic E-state index is -0.0647. The average Bonchev–Trinajstić information content (AvgIpc) is 2.92. The Morgan fingerprint density at radius 3 is 2.83 bits per heavy atom. The van der Waals surface area contributed by atoms with Crippen LogP contribution in [0.5, 0.6) is 0 Å². The van der Waals surface area contributed by atoms with Gasteiger partial charge in [-0.2, -0.15) is 0 Å². The van der Waals surface area contributed by atoms with Crippen LogP contribution in [-0.4, -0.2) is 22.5 Å². The van der Waals surface area contributed by atoms with Gasteiger partial charge in [-0.15, -0.1) is 0 Å². The fourth-order valence-electron chi connectivity index (χ4n) is 3.09. The van der Waals surface area contributed by atoms with Crippen molar-refractivity contribution in [3.05, 3.63) is 64.8 Å². The van der Waals surface area contributed by atoms with E-state index in [9.17, 15) is 4.79 Å². The number of amides is 2. The van der Waals surface area contributed by atoms with Gasteiger partial charge in [-0.05, 0) is 24.3 Å². The van der Waals surface area contributed by atoms with Gasteiger partial charge in [0.15, 0.2) is 0 Å². The van der Waals surface area contributed by atoms with Crippen LogP contribution >= 0.6 is 11.6 Å². The molecule has 0 aliphatic carbocycles. The Morgan fingerprint density at radius 2 is 2.00 bits per heavy atom. The van der Waals surface area contributed by atoms with Crippen molar-refractivity contribution in [2.45, 2.75) is 13.0 Å². The molecule has 116 valence electrons. The molecule has 1 aromatic heterocycles. The minimum absolute atomic E-state index is 0.0647. The summed E-state index contributed by atoms with van der Waals surface area (Å²) in [6, 6.07) is 15.3. The van der Waals surface area contributed by atoms with Crippen molar-refractivity contribution < 1.29 is 4.79 Å². The zero-order valence-electron chi connectivity index (χ0n) is 12.5. The van der Waals surface area contributed by atoms with Crippen molar-refractivity contribution in [1.29, 1.82) is 0 Å². The van der Waals surface area contributed by atoms with Gasteiger partial charge in [0.05, 0.1) is 0 Å². The largest absolute Gasteiger partial charge is 0.358 e. The van der Waals surface area contributed by atoms with Crippen LogP contribution < -0.4 is 5.32 Å². The molecule has 0 unspecified atom stereocenters. The van der Waals surface area contributed by atoms with Gasteiger partial charge in [-0.25, -0.2) is 4.79 Å².